The van der Waals surface area contributed by atoms with Gasteiger partial charge < -0.3 is 5.32 Å². The highest BCUT2D eigenvalue weighted by Gasteiger charge is 2.19. The van der Waals surface area contributed by atoms with Gasteiger partial charge in [-0.15, -0.1) is 0 Å². The number of aliphatic imine (C=N–C) groups is 1. The fourth-order valence-electron chi connectivity index (χ4n) is 3.57. The normalized spacial score (nSPS) is 13.2. The Balaban J connectivity index is 1.52. The first kappa shape index (κ1) is 18.1. The maximum atomic E-state index is 14.0. The summed E-state index contributed by atoms with van der Waals surface area (Å²) in [5.74, 6) is -0.562. The third-order valence-corrected chi connectivity index (χ3v) is 5.13. The molecule has 4 rings (SSSR count). The van der Waals surface area contributed by atoms with Gasteiger partial charge in [0.15, 0.2) is 0 Å². The molecule has 28 heavy (non-hydrogen) atoms. The predicted octanol–water partition coefficient (Wildman–Crippen LogP) is 5.56. The summed E-state index contributed by atoms with van der Waals surface area (Å²) in [6.45, 7) is 2.69. The molecule has 0 fully saturated rings. The van der Waals surface area contributed by atoms with Crippen LogP contribution in [0.15, 0.2) is 71.7 Å². The lowest BCUT2D eigenvalue weighted by Gasteiger charge is -2.16. The number of hydrogen-bond acceptors (Lipinski definition) is 2. The first-order valence-electron chi connectivity index (χ1n) is 9.44. The van der Waals surface area contributed by atoms with Crippen LogP contribution < -0.4 is 5.32 Å². The molecule has 4 heteroatoms. The van der Waals surface area contributed by atoms with Gasteiger partial charge in [-0.05, 0) is 46.9 Å². The molecule has 1 heterocycles. The summed E-state index contributed by atoms with van der Waals surface area (Å²) in [5, 5.41) is 3.02. The Morgan fingerprint density at radius 2 is 1.89 bits per heavy atom. The van der Waals surface area contributed by atoms with Crippen LogP contribution >= 0.6 is 0 Å². The largest absolute Gasteiger partial charge is 0.326 e. The van der Waals surface area contributed by atoms with Gasteiger partial charge in [0.2, 0.25) is 5.91 Å². The third-order valence-electron chi connectivity index (χ3n) is 5.13. The van der Waals surface area contributed by atoms with Gasteiger partial charge in [-0.3, -0.25) is 9.79 Å². The Morgan fingerprint density at radius 3 is 2.64 bits per heavy atom. The van der Waals surface area contributed by atoms with Crippen LogP contribution in [0.5, 0.6) is 0 Å². The predicted molar refractivity (Wildman–Crippen MR) is 111 cm³/mol. The fourth-order valence-corrected chi connectivity index (χ4v) is 3.57. The zero-order valence-corrected chi connectivity index (χ0v) is 15.7. The number of hydrogen-bond donors (Lipinski definition) is 1. The molecule has 0 aromatic heterocycles. The highest BCUT2D eigenvalue weighted by molar-refractivity contribution is 5.97. The molecular formula is C24H21FN2O. The number of carbonyl (C=O) groups excluding carboxylic acids is 1. The standard InChI is InChI=1S/C24H21FN2O/c1-2-21(24(28)27-20-12-11-18-14-26-15-19(18)13-20)16-7-9-17(10-8-16)22-5-3-4-6-23(22)25/h3-13,15,21H,2,14H2,1H3,(H,27,28). The number of anilines is 1. The molecule has 1 atom stereocenters. The average molecular weight is 372 g/mol. The first-order valence-corrected chi connectivity index (χ1v) is 9.44. The van der Waals surface area contributed by atoms with Gasteiger partial charge in [0.25, 0.3) is 0 Å². The van der Waals surface area contributed by atoms with Crippen LogP contribution in [-0.2, 0) is 11.3 Å². The van der Waals surface area contributed by atoms with E-state index in [1.54, 1.807) is 12.1 Å². The molecule has 1 unspecified atom stereocenters. The van der Waals surface area contributed by atoms with E-state index < -0.39 is 0 Å². The molecule has 0 saturated heterocycles. The van der Waals surface area contributed by atoms with Crippen LogP contribution in [0.2, 0.25) is 0 Å². The summed E-state index contributed by atoms with van der Waals surface area (Å²) >= 11 is 0. The summed E-state index contributed by atoms with van der Waals surface area (Å²) in [6.07, 6.45) is 2.51. The second-order valence-corrected chi connectivity index (χ2v) is 6.94. The monoisotopic (exact) mass is 372 g/mol. The van der Waals surface area contributed by atoms with E-state index in [0.717, 1.165) is 22.4 Å². The SMILES string of the molecule is CCC(C(=O)Nc1ccc2c(c1)C=NC2)c1ccc(-c2ccccc2F)cc1. The summed E-state index contributed by atoms with van der Waals surface area (Å²) in [6, 6.07) is 20.1. The lowest BCUT2D eigenvalue weighted by atomic mass is 9.93. The van der Waals surface area contributed by atoms with Crippen LogP contribution in [0.4, 0.5) is 10.1 Å². The van der Waals surface area contributed by atoms with Gasteiger partial charge in [-0.2, -0.15) is 0 Å². The van der Waals surface area contributed by atoms with Gasteiger partial charge >= 0.3 is 0 Å². The van der Waals surface area contributed by atoms with Crippen LogP contribution in [0.3, 0.4) is 0 Å². The molecule has 1 aliphatic rings. The maximum Gasteiger partial charge on any atom is 0.231 e. The van der Waals surface area contributed by atoms with Crippen molar-refractivity contribution in [2.45, 2.75) is 25.8 Å². The number of halogens is 1. The first-order chi connectivity index (χ1) is 13.7. The van der Waals surface area contributed by atoms with Gasteiger partial charge in [0, 0.05) is 17.5 Å². The van der Waals surface area contributed by atoms with E-state index in [9.17, 15) is 9.18 Å². The van der Waals surface area contributed by atoms with Crippen molar-refractivity contribution >= 4 is 17.8 Å². The second-order valence-electron chi connectivity index (χ2n) is 6.94. The van der Waals surface area contributed by atoms with Crippen LogP contribution in [0, 0.1) is 5.82 Å². The third kappa shape index (κ3) is 3.58. The van der Waals surface area contributed by atoms with Crippen molar-refractivity contribution in [2.75, 3.05) is 5.32 Å². The van der Waals surface area contributed by atoms with E-state index >= 15 is 0 Å². The van der Waals surface area contributed by atoms with E-state index in [4.69, 9.17) is 0 Å². The van der Waals surface area contributed by atoms with E-state index in [0.29, 0.717) is 18.5 Å². The molecule has 1 aliphatic heterocycles. The Morgan fingerprint density at radius 1 is 1.11 bits per heavy atom. The van der Waals surface area contributed by atoms with Crippen molar-refractivity contribution in [2.24, 2.45) is 4.99 Å². The Labute approximate surface area is 164 Å². The Hall–Kier alpha value is -3.27. The molecule has 1 amide bonds. The molecule has 0 bridgehead atoms. The van der Waals surface area contributed by atoms with E-state index in [1.165, 1.54) is 11.6 Å². The summed E-state index contributed by atoms with van der Waals surface area (Å²) in [4.78, 5) is 17.1. The van der Waals surface area contributed by atoms with E-state index in [1.807, 2.05) is 61.7 Å². The average Bonchev–Trinajstić information content (AvgIpc) is 3.17. The Bertz CT molecular complexity index is 1040. The lowest BCUT2D eigenvalue weighted by Crippen LogP contribution is -2.20. The van der Waals surface area contributed by atoms with Crippen molar-refractivity contribution in [3.8, 4) is 11.1 Å². The molecule has 3 nitrogen and oxygen atoms in total. The van der Waals surface area contributed by atoms with Crippen molar-refractivity contribution in [3.05, 3.63) is 89.2 Å². The molecule has 0 spiro atoms. The topological polar surface area (TPSA) is 41.5 Å². The fraction of sp³-hybridized carbons (Fsp3) is 0.167. The smallest absolute Gasteiger partial charge is 0.231 e. The summed E-state index contributed by atoms with van der Waals surface area (Å²) in [7, 11) is 0. The van der Waals surface area contributed by atoms with Crippen LogP contribution in [0.1, 0.15) is 36.0 Å². The summed E-state index contributed by atoms with van der Waals surface area (Å²) in [5.41, 5.74) is 5.29. The number of fused-ring (bicyclic) bond motifs is 1. The van der Waals surface area contributed by atoms with Crippen molar-refractivity contribution < 1.29 is 9.18 Å². The number of amides is 1. The van der Waals surface area contributed by atoms with Gasteiger partial charge in [-0.25, -0.2) is 4.39 Å². The number of benzene rings is 3. The quantitative estimate of drug-likeness (QED) is 0.626. The van der Waals surface area contributed by atoms with E-state index in [-0.39, 0.29) is 17.6 Å². The molecule has 0 radical (unpaired) electrons. The minimum absolute atomic E-state index is 0.0453. The number of carbonyl (C=O) groups is 1. The molecule has 140 valence electrons. The van der Waals surface area contributed by atoms with Crippen molar-refractivity contribution in [3.63, 3.8) is 0 Å². The highest BCUT2D eigenvalue weighted by Crippen LogP contribution is 2.28. The van der Waals surface area contributed by atoms with Gasteiger partial charge in [0.05, 0.1) is 12.5 Å². The number of rotatable bonds is 5. The highest BCUT2D eigenvalue weighted by atomic mass is 19.1. The number of nitrogens with one attached hydrogen (secondary N) is 1. The van der Waals surface area contributed by atoms with Gasteiger partial charge in [-0.1, -0.05) is 55.5 Å². The Kier molecular flexibility index (Phi) is 5.02. The van der Waals surface area contributed by atoms with Crippen molar-refractivity contribution in [1.29, 1.82) is 0 Å². The van der Waals surface area contributed by atoms with E-state index in [2.05, 4.69) is 10.3 Å². The molecule has 0 aliphatic carbocycles. The maximum absolute atomic E-state index is 14.0. The molecule has 0 saturated carbocycles. The van der Waals surface area contributed by atoms with Gasteiger partial charge in [0.1, 0.15) is 5.82 Å². The van der Waals surface area contributed by atoms with Crippen molar-refractivity contribution in [1.82, 2.24) is 0 Å². The minimum Gasteiger partial charge on any atom is -0.326 e. The molecule has 3 aromatic carbocycles. The summed E-state index contributed by atoms with van der Waals surface area (Å²) < 4.78 is 14.0. The second kappa shape index (κ2) is 7.77. The molecular weight excluding hydrogens is 351 g/mol. The molecule has 3 aromatic rings. The molecule has 1 N–H and O–H groups in total. The zero-order valence-electron chi connectivity index (χ0n) is 15.7. The minimum atomic E-state index is -0.267. The van der Waals surface area contributed by atoms with Crippen LogP contribution in [-0.4, -0.2) is 12.1 Å². The zero-order chi connectivity index (χ0) is 19.5. The lowest BCUT2D eigenvalue weighted by molar-refractivity contribution is -0.117. The number of nitrogens with zero attached hydrogens (tertiary/aromatic N) is 1. The van der Waals surface area contributed by atoms with Crippen LogP contribution in [0.25, 0.3) is 11.1 Å².